The van der Waals surface area contributed by atoms with E-state index in [1.807, 2.05) is 13.0 Å². The summed E-state index contributed by atoms with van der Waals surface area (Å²) in [5.41, 5.74) is 2.04. The molecule has 0 spiro atoms. The van der Waals surface area contributed by atoms with Gasteiger partial charge in [0.25, 0.3) is 5.69 Å². The molecule has 1 aromatic carbocycles. The Morgan fingerprint density at radius 3 is 2.71 bits per heavy atom. The SMILES string of the molecule is Cc1c(CNC2CCCCC2C(C)C)cccc1[N+](=O)[O-]. The first-order valence-corrected chi connectivity index (χ1v) is 7.97. The highest BCUT2D eigenvalue weighted by Crippen LogP contribution is 2.30. The van der Waals surface area contributed by atoms with Crippen LogP contribution in [0, 0.1) is 28.9 Å². The van der Waals surface area contributed by atoms with Gasteiger partial charge in [-0.1, -0.05) is 38.8 Å². The number of hydrogen-bond donors (Lipinski definition) is 1. The number of hydrogen-bond acceptors (Lipinski definition) is 3. The Balaban J connectivity index is 2.05. The van der Waals surface area contributed by atoms with E-state index in [4.69, 9.17) is 0 Å². The zero-order valence-corrected chi connectivity index (χ0v) is 13.3. The Kier molecular flexibility index (Phi) is 5.34. The normalized spacial score (nSPS) is 22.5. The maximum atomic E-state index is 11.0. The van der Waals surface area contributed by atoms with Crippen LogP contribution in [-0.2, 0) is 6.54 Å². The molecule has 2 rings (SSSR count). The number of benzene rings is 1. The van der Waals surface area contributed by atoms with Gasteiger partial charge in [-0.2, -0.15) is 0 Å². The summed E-state index contributed by atoms with van der Waals surface area (Å²) in [6, 6.07) is 5.89. The molecular formula is C17H26N2O2. The average molecular weight is 290 g/mol. The first-order valence-electron chi connectivity index (χ1n) is 7.97. The van der Waals surface area contributed by atoms with Crippen molar-refractivity contribution in [2.45, 2.75) is 59.0 Å². The van der Waals surface area contributed by atoms with E-state index >= 15 is 0 Å². The standard InChI is InChI=1S/C17H26N2O2/c1-12(2)15-8-4-5-9-16(15)18-11-14-7-6-10-17(13(14)3)19(20)21/h6-7,10,12,15-16,18H,4-5,8-9,11H2,1-3H3. The van der Waals surface area contributed by atoms with Gasteiger partial charge in [0, 0.05) is 24.2 Å². The molecule has 4 heteroatoms. The highest BCUT2D eigenvalue weighted by Gasteiger charge is 2.27. The minimum Gasteiger partial charge on any atom is -0.310 e. The van der Waals surface area contributed by atoms with Crippen molar-refractivity contribution in [1.29, 1.82) is 0 Å². The molecule has 0 heterocycles. The summed E-state index contributed by atoms with van der Waals surface area (Å²) < 4.78 is 0. The summed E-state index contributed by atoms with van der Waals surface area (Å²) in [6.45, 7) is 7.16. The van der Waals surface area contributed by atoms with Crippen LogP contribution in [0.4, 0.5) is 5.69 Å². The van der Waals surface area contributed by atoms with Crippen molar-refractivity contribution in [2.24, 2.45) is 11.8 Å². The lowest BCUT2D eigenvalue weighted by molar-refractivity contribution is -0.385. The van der Waals surface area contributed by atoms with E-state index < -0.39 is 0 Å². The third-order valence-electron chi connectivity index (χ3n) is 4.84. The molecule has 1 fully saturated rings. The lowest BCUT2D eigenvalue weighted by Gasteiger charge is -2.35. The number of nitro groups is 1. The fourth-order valence-corrected chi connectivity index (χ4v) is 3.51. The van der Waals surface area contributed by atoms with Crippen molar-refractivity contribution in [3.63, 3.8) is 0 Å². The van der Waals surface area contributed by atoms with Crippen LogP contribution in [-0.4, -0.2) is 11.0 Å². The minimum atomic E-state index is -0.295. The predicted molar refractivity (Wildman–Crippen MR) is 85.3 cm³/mol. The predicted octanol–water partition coefficient (Wildman–Crippen LogP) is 4.21. The lowest BCUT2D eigenvalue weighted by atomic mass is 9.78. The summed E-state index contributed by atoms with van der Waals surface area (Å²) in [5, 5.41) is 14.7. The number of nitrogens with zero attached hydrogens (tertiary/aromatic N) is 1. The van der Waals surface area contributed by atoms with Crippen LogP contribution in [0.15, 0.2) is 18.2 Å². The van der Waals surface area contributed by atoms with Gasteiger partial charge >= 0.3 is 0 Å². The van der Waals surface area contributed by atoms with Crippen LogP contribution in [0.5, 0.6) is 0 Å². The highest BCUT2D eigenvalue weighted by atomic mass is 16.6. The molecule has 0 aromatic heterocycles. The summed E-state index contributed by atoms with van der Waals surface area (Å²) in [6.07, 6.45) is 5.13. The molecule has 0 aliphatic heterocycles. The molecule has 0 bridgehead atoms. The molecule has 116 valence electrons. The second-order valence-electron chi connectivity index (χ2n) is 6.50. The third kappa shape index (κ3) is 3.82. The molecule has 1 aromatic rings. The Labute approximate surface area is 127 Å². The second-order valence-corrected chi connectivity index (χ2v) is 6.50. The average Bonchev–Trinajstić information content (AvgIpc) is 2.46. The largest absolute Gasteiger partial charge is 0.310 e. The van der Waals surface area contributed by atoms with Crippen LogP contribution >= 0.6 is 0 Å². The van der Waals surface area contributed by atoms with Crippen molar-refractivity contribution in [3.8, 4) is 0 Å². The van der Waals surface area contributed by atoms with Crippen LogP contribution in [0.1, 0.15) is 50.7 Å². The highest BCUT2D eigenvalue weighted by molar-refractivity contribution is 5.44. The van der Waals surface area contributed by atoms with Crippen LogP contribution in [0.2, 0.25) is 0 Å². The van der Waals surface area contributed by atoms with E-state index in [1.54, 1.807) is 12.1 Å². The number of nitrogens with one attached hydrogen (secondary N) is 1. The van der Waals surface area contributed by atoms with Gasteiger partial charge in [0.1, 0.15) is 0 Å². The van der Waals surface area contributed by atoms with Crippen molar-refractivity contribution in [1.82, 2.24) is 5.32 Å². The van der Waals surface area contributed by atoms with E-state index in [1.165, 1.54) is 25.7 Å². The zero-order chi connectivity index (χ0) is 15.4. The smallest absolute Gasteiger partial charge is 0.272 e. The van der Waals surface area contributed by atoms with E-state index in [-0.39, 0.29) is 10.6 Å². The van der Waals surface area contributed by atoms with E-state index in [2.05, 4.69) is 19.2 Å². The van der Waals surface area contributed by atoms with Gasteiger partial charge in [0.15, 0.2) is 0 Å². The molecule has 2 atom stereocenters. The Morgan fingerprint density at radius 1 is 1.33 bits per heavy atom. The van der Waals surface area contributed by atoms with Gasteiger partial charge in [-0.25, -0.2) is 0 Å². The molecule has 1 N–H and O–H groups in total. The molecule has 0 radical (unpaired) electrons. The van der Waals surface area contributed by atoms with E-state index in [9.17, 15) is 10.1 Å². The first-order chi connectivity index (χ1) is 10.0. The van der Waals surface area contributed by atoms with Crippen LogP contribution < -0.4 is 5.32 Å². The maximum Gasteiger partial charge on any atom is 0.272 e. The van der Waals surface area contributed by atoms with Gasteiger partial charge in [-0.15, -0.1) is 0 Å². The summed E-state index contributed by atoms with van der Waals surface area (Å²) in [7, 11) is 0. The maximum absolute atomic E-state index is 11.0. The fraction of sp³-hybridized carbons (Fsp3) is 0.647. The number of rotatable bonds is 5. The van der Waals surface area contributed by atoms with Crippen molar-refractivity contribution >= 4 is 5.69 Å². The topological polar surface area (TPSA) is 55.2 Å². The Bertz CT molecular complexity index is 500. The molecule has 21 heavy (non-hydrogen) atoms. The Hall–Kier alpha value is -1.42. The zero-order valence-electron chi connectivity index (χ0n) is 13.3. The molecular weight excluding hydrogens is 264 g/mol. The van der Waals surface area contributed by atoms with Gasteiger partial charge in [-0.05, 0) is 37.2 Å². The second kappa shape index (κ2) is 7.03. The Morgan fingerprint density at radius 2 is 2.05 bits per heavy atom. The van der Waals surface area contributed by atoms with Gasteiger partial charge < -0.3 is 5.32 Å². The molecule has 0 saturated heterocycles. The fourth-order valence-electron chi connectivity index (χ4n) is 3.51. The molecule has 0 amide bonds. The quantitative estimate of drug-likeness (QED) is 0.653. The van der Waals surface area contributed by atoms with Crippen molar-refractivity contribution in [3.05, 3.63) is 39.4 Å². The van der Waals surface area contributed by atoms with Crippen LogP contribution in [0.3, 0.4) is 0 Å². The number of nitro benzene ring substituents is 1. The monoisotopic (exact) mass is 290 g/mol. The third-order valence-corrected chi connectivity index (χ3v) is 4.84. The van der Waals surface area contributed by atoms with E-state index in [0.717, 1.165) is 23.6 Å². The first kappa shape index (κ1) is 16.0. The molecule has 1 aliphatic rings. The van der Waals surface area contributed by atoms with Crippen molar-refractivity contribution < 1.29 is 4.92 Å². The van der Waals surface area contributed by atoms with Gasteiger partial charge in [0.05, 0.1) is 4.92 Å². The molecule has 4 nitrogen and oxygen atoms in total. The molecule has 2 unspecified atom stereocenters. The van der Waals surface area contributed by atoms with Gasteiger partial charge in [-0.3, -0.25) is 10.1 Å². The molecule has 1 aliphatic carbocycles. The van der Waals surface area contributed by atoms with Crippen LogP contribution in [0.25, 0.3) is 0 Å². The summed E-state index contributed by atoms with van der Waals surface area (Å²) in [5.74, 6) is 1.41. The summed E-state index contributed by atoms with van der Waals surface area (Å²) in [4.78, 5) is 10.7. The minimum absolute atomic E-state index is 0.221. The van der Waals surface area contributed by atoms with Gasteiger partial charge in [0.2, 0.25) is 0 Å². The molecule has 1 saturated carbocycles. The van der Waals surface area contributed by atoms with E-state index in [0.29, 0.717) is 12.0 Å². The van der Waals surface area contributed by atoms with Crippen molar-refractivity contribution in [2.75, 3.05) is 0 Å². The summed E-state index contributed by atoms with van der Waals surface area (Å²) >= 11 is 0. The lowest BCUT2D eigenvalue weighted by Crippen LogP contribution is -2.40.